The molecule has 0 saturated heterocycles. The number of hydrazine groups is 1. The molecule has 4 atom stereocenters. The Labute approximate surface area is 286 Å². The lowest BCUT2D eigenvalue weighted by Gasteiger charge is -2.33. The Morgan fingerprint density at radius 2 is 1.53 bits per heavy atom. The molecular formula is C35H47N7O7. The lowest BCUT2D eigenvalue weighted by molar-refractivity contribution is -0.131. The third kappa shape index (κ3) is 12.1. The van der Waals surface area contributed by atoms with Crippen molar-refractivity contribution in [1.82, 2.24) is 31.4 Å². The van der Waals surface area contributed by atoms with Crippen LogP contribution in [0.4, 0.5) is 4.79 Å². The monoisotopic (exact) mass is 677 g/mol. The van der Waals surface area contributed by atoms with E-state index in [1.165, 1.54) is 18.2 Å². The summed E-state index contributed by atoms with van der Waals surface area (Å²) in [5, 5.41) is 21.8. The van der Waals surface area contributed by atoms with Gasteiger partial charge < -0.3 is 31.5 Å². The van der Waals surface area contributed by atoms with Crippen LogP contribution in [0.3, 0.4) is 0 Å². The number of aromatic nitrogens is 1. The van der Waals surface area contributed by atoms with Crippen LogP contribution in [0.5, 0.6) is 0 Å². The van der Waals surface area contributed by atoms with E-state index < -0.39 is 60.4 Å². The molecule has 0 aliphatic heterocycles. The highest BCUT2D eigenvalue weighted by Crippen LogP contribution is 2.13. The van der Waals surface area contributed by atoms with Gasteiger partial charge in [-0.1, -0.05) is 82.3 Å². The van der Waals surface area contributed by atoms with Crippen LogP contribution in [-0.2, 0) is 25.5 Å². The second-order valence-corrected chi connectivity index (χ2v) is 12.6. The third-order valence-electron chi connectivity index (χ3n) is 7.62. The van der Waals surface area contributed by atoms with Crippen LogP contribution in [0, 0.1) is 11.8 Å². The number of hydrogen-bond donors (Lipinski definition) is 6. The van der Waals surface area contributed by atoms with Crippen LogP contribution in [0.15, 0.2) is 66.7 Å². The fourth-order valence-electron chi connectivity index (χ4n) is 5.18. The Kier molecular flexibility index (Phi) is 14.5. The third-order valence-corrected chi connectivity index (χ3v) is 7.62. The first-order chi connectivity index (χ1) is 23.3. The molecular weight excluding hydrogens is 630 g/mol. The first-order valence-electron chi connectivity index (χ1n) is 16.1. The van der Waals surface area contributed by atoms with E-state index in [1.54, 1.807) is 32.0 Å². The maximum atomic E-state index is 13.7. The van der Waals surface area contributed by atoms with Gasteiger partial charge in [0, 0.05) is 18.5 Å². The first-order valence-corrected chi connectivity index (χ1v) is 16.1. The van der Waals surface area contributed by atoms with Gasteiger partial charge in [0.1, 0.15) is 17.8 Å². The number of primary amides is 1. The molecule has 264 valence electrons. The summed E-state index contributed by atoms with van der Waals surface area (Å²) in [6.07, 6.45) is -2.33. The Morgan fingerprint density at radius 3 is 2.16 bits per heavy atom. The molecule has 0 fully saturated rings. The number of carbonyl (C=O) groups excluding carboxylic acids is 5. The van der Waals surface area contributed by atoms with E-state index >= 15 is 0 Å². The summed E-state index contributed by atoms with van der Waals surface area (Å²) in [6, 6.07) is 16.4. The minimum absolute atomic E-state index is 0.0447. The Balaban J connectivity index is 1.83. The van der Waals surface area contributed by atoms with Gasteiger partial charge in [0.15, 0.2) is 0 Å². The lowest BCUT2D eigenvalue weighted by atomic mass is 9.99. The average Bonchev–Trinajstić information content (AvgIpc) is 3.05. The van der Waals surface area contributed by atoms with E-state index in [2.05, 4.69) is 31.1 Å². The number of carbonyl (C=O) groups is 5. The fourth-order valence-corrected chi connectivity index (χ4v) is 5.18. The predicted molar refractivity (Wildman–Crippen MR) is 184 cm³/mol. The van der Waals surface area contributed by atoms with Gasteiger partial charge in [0.25, 0.3) is 11.8 Å². The molecule has 14 nitrogen and oxygen atoms in total. The number of nitrogens with zero attached hydrogens (tertiary/aromatic N) is 2. The number of methoxy groups -OCH3 is 1. The van der Waals surface area contributed by atoms with Gasteiger partial charge >= 0.3 is 6.09 Å². The van der Waals surface area contributed by atoms with Crippen molar-refractivity contribution in [3.63, 3.8) is 0 Å². The first kappa shape index (κ1) is 38.4. The van der Waals surface area contributed by atoms with Gasteiger partial charge in [-0.25, -0.2) is 14.8 Å². The maximum absolute atomic E-state index is 13.7. The van der Waals surface area contributed by atoms with Gasteiger partial charge in [-0.2, -0.15) is 0 Å². The van der Waals surface area contributed by atoms with Crippen LogP contribution in [0.2, 0.25) is 0 Å². The SMILES string of the molecule is COC(=O)N[C@H](C(=O)NN(CC(C)C)C[C@H](O)[C@H](Cc1ccccc1)NC(=O)[C@H](CC(N)=O)NC(=O)c1ccc2ccccc2n1)C(C)C. The smallest absolute Gasteiger partial charge is 0.407 e. The summed E-state index contributed by atoms with van der Waals surface area (Å²) in [5.74, 6) is -2.98. The van der Waals surface area contributed by atoms with Crippen LogP contribution in [-0.4, -0.2) is 89.3 Å². The van der Waals surface area contributed by atoms with Crippen molar-refractivity contribution in [1.29, 1.82) is 0 Å². The number of ether oxygens (including phenoxy) is 1. The number of fused-ring (bicyclic) bond motifs is 1. The Bertz CT molecular complexity index is 1580. The summed E-state index contributed by atoms with van der Waals surface area (Å²) in [5.41, 5.74) is 9.68. The molecule has 5 amide bonds. The molecule has 49 heavy (non-hydrogen) atoms. The number of aliphatic hydroxyl groups excluding tert-OH is 1. The van der Waals surface area contributed by atoms with Crippen molar-refractivity contribution in [3.8, 4) is 0 Å². The van der Waals surface area contributed by atoms with E-state index in [0.29, 0.717) is 12.1 Å². The lowest BCUT2D eigenvalue weighted by Crippen LogP contribution is -2.59. The molecule has 1 aromatic heterocycles. The van der Waals surface area contributed by atoms with E-state index in [4.69, 9.17) is 5.73 Å². The number of amides is 5. The summed E-state index contributed by atoms with van der Waals surface area (Å²) >= 11 is 0. The fraction of sp³-hybridized carbons (Fsp3) is 0.429. The highest BCUT2D eigenvalue weighted by Gasteiger charge is 2.32. The van der Waals surface area contributed by atoms with E-state index in [-0.39, 0.29) is 30.5 Å². The molecule has 0 saturated carbocycles. The van der Waals surface area contributed by atoms with Gasteiger partial charge in [0.05, 0.1) is 31.2 Å². The minimum Gasteiger partial charge on any atom is -0.453 e. The number of alkyl carbamates (subject to hydrolysis) is 1. The normalized spacial score (nSPS) is 13.7. The summed E-state index contributed by atoms with van der Waals surface area (Å²) < 4.78 is 4.67. The number of nitrogens with one attached hydrogen (secondary N) is 4. The Hall–Kier alpha value is -5.08. The quantitative estimate of drug-likeness (QED) is 0.115. The highest BCUT2D eigenvalue weighted by atomic mass is 16.5. The number of hydrogen-bond acceptors (Lipinski definition) is 9. The van der Waals surface area contributed by atoms with Crippen LogP contribution in [0.25, 0.3) is 10.9 Å². The van der Waals surface area contributed by atoms with Gasteiger partial charge in [-0.15, -0.1) is 0 Å². The van der Waals surface area contributed by atoms with Gasteiger partial charge in [0.2, 0.25) is 11.8 Å². The molecule has 0 spiro atoms. The predicted octanol–water partition coefficient (Wildman–Crippen LogP) is 1.67. The van der Waals surface area contributed by atoms with Crippen LogP contribution >= 0.6 is 0 Å². The zero-order valence-corrected chi connectivity index (χ0v) is 28.5. The molecule has 0 aliphatic rings. The molecule has 0 radical (unpaired) electrons. The van der Waals surface area contributed by atoms with Crippen molar-refractivity contribution >= 4 is 40.6 Å². The molecule has 7 N–H and O–H groups in total. The number of benzene rings is 2. The summed E-state index contributed by atoms with van der Waals surface area (Å²) in [6.45, 7) is 7.62. The van der Waals surface area contributed by atoms with Crippen molar-refractivity contribution in [3.05, 3.63) is 78.0 Å². The molecule has 3 aromatic rings. The zero-order chi connectivity index (χ0) is 36.1. The van der Waals surface area contributed by atoms with Gasteiger partial charge in [-0.3, -0.25) is 24.6 Å². The van der Waals surface area contributed by atoms with Crippen molar-refractivity contribution in [2.24, 2.45) is 17.6 Å². The second kappa shape index (κ2) is 18.5. The van der Waals surface area contributed by atoms with Gasteiger partial charge in [-0.05, 0) is 36.0 Å². The molecule has 0 bridgehead atoms. The topological polar surface area (TPSA) is 205 Å². The van der Waals surface area contributed by atoms with Crippen molar-refractivity contribution in [2.45, 2.75) is 64.8 Å². The van der Waals surface area contributed by atoms with Crippen molar-refractivity contribution in [2.75, 3.05) is 20.2 Å². The zero-order valence-electron chi connectivity index (χ0n) is 28.5. The van der Waals surface area contributed by atoms with Crippen LogP contribution < -0.4 is 27.1 Å². The largest absolute Gasteiger partial charge is 0.453 e. The molecule has 0 aliphatic carbocycles. The molecule has 14 heteroatoms. The molecule has 3 rings (SSSR count). The van der Waals surface area contributed by atoms with E-state index in [9.17, 15) is 29.1 Å². The average molecular weight is 678 g/mol. The minimum atomic E-state index is -1.37. The molecule has 0 unspecified atom stereocenters. The van der Waals surface area contributed by atoms with Crippen LogP contribution in [0.1, 0.15) is 50.2 Å². The standard InChI is InChI=1S/C35H47N7O7/c1-21(2)19-42(41-34(47)31(22(3)4)40-35(48)49-5)20-29(43)27(17-23-11-7-6-8-12-23)38-33(46)28(18-30(36)44)39-32(45)26-16-15-24-13-9-10-14-25(24)37-26/h6-16,21-22,27-29,31,43H,17-20H2,1-5H3,(H2,36,44)(H,38,46)(H,39,45)(H,40,48)(H,41,47)/t27-,28-,29-,31-/m0/s1. The second-order valence-electron chi connectivity index (χ2n) is 12.6. The number of rotatable bonds is 17. The Morgan fingerprint density at radius 1 is 0.857 bits per heavy atom. The number of para-hydroxylation sites is 1. The van der Waals surface area contributed by atoms with Crippen molar-refractivity contribution < 1.29 is 33.8 Å². The highest BCUT2D eigenvalue weighted by molar-refractivity contribution is 5.99. The summed E-state index contributed by atoms with van der Waals surface area (Å²) in [4.78, 5) is 68.4. The van der Waals surface area contributed by atoms with E-state index in [0.717, 1.165) is 10.9 Å². The molecule has 2 aromatic carbocycles. The number of nitrogens with two attached hydrogens (primary N) is 1. The summed E-state index contributed by atoms with van der Waals surface area (Å²) in [7, 11) is 1.20. The number of pyridine rings is 1. The molecule has 1 heterocycles. The maximum Gasteiger partial charge on any atom is 0.407 e. The van der Waals surface area contributed by atoms with E-state index in [1.807, 2.05) is 56.3 Å². The number of aliphatic hydroxyl groups is 1.